The van der Waals surface area contributed by atoms with Gasteiger partial charge in [-0.25, -0.2) is 0 Å². The molecule has 0 radical (unpaired) electrons. The zero-order valence-electron chi connectivity index (χ0n) is 12.3. The van der Waals surface area contributed by atoms with Crippen molar-refractivity contribution in [2.45, 2.75) is 18.7 Å². The van der Waals surface area contributed by atoms with Crippen LogP contribution in [0, 0.1) is 12.8 Å². The van der Waals surface area contributed by atoms with Crippen LogP contribution in [-0.4, -0.2) is 13.2 Å². The maximum Gasteiger partial charge on any atom is 0.161 e. The number of fused-ring (bicyclic) bond motifs is 1. The molecular weight excluding hydrogens is 328 g/mol. The fraction of sp³-hybridized carbons (Fsp3) is 0.333. The largest absolute Gasteiger partial charge is 0.489 e. The molecule has 0 bridgehead atoms. The van der Waals surface area contributed by atoms with Crippen molar-refractivity contribution in [3.8, 4) is 11.5 Å². The number of benzene rings is 2. The van der Waals surface area contributed by atoms with Gasteiger partial charge < -0.3 is 9.47 Å². The van der Waals surface area contributed by atoms with E-state index >= 15 is 0 Å². The molecule has 0 saturated heterocycles. The fourth-order valence-corrected chi connectivity index (χ4v) is 3.02. The van der Waals surface area contributed by atoms with Crippen LogP contribution in [0.3, 0.4) is 0 Å². The van der Waals surface area contributed by atoms with Gasteiger partial charge in [0.1, 0.15) is 0 Å². The Morgan fingerprint density at radius 3 is 2.48 bits per heavy atom. The first-order valence-corrected chi connectivity index (χ1v) is 8.15. The first-order chi connectivity index (χ1) is 10.1. The maximum absolute atomic E-state index is 5.87. The van der Waals surface area contributed by atoms with E-state index in [1.165, 1.54) is 16.7 Å². The molecule has 1 aliphatic rings. The molecule has 2 unspecified atom stereocenters. The Morgan fingerprint density at radius 2 is 1.71 bits per heavy atom. The van der Waals surface area contributed by atoms with Crippen LogP contribution in [0.4, 0.5) is 0 Å². The smallest absolute Gasteiger partial charge is 0.161 e. The van der Waals surface area contributed by atoms with Gasteiger partial charge >= 0.3 is 0 Å². The van der Waals surface area contributed by atoms with Crippen LogP contribution in [0.25, 0.3) is 0 Å². The van der Waals surface area contributed by atoms with Crippen LogP contribution in [0.15, 0.2) is 42.5 Å². The van der Waals surface area contributed by atoms with Gasteiger partial charge in [-0.1, -0.05) is 58.7 Å². The maximum atomic E-state index is 5.87. The van der Waals surface area contributed by atoms with E-state index in [1.54, 1.807) is 0 Å². The topological polar surface area (TPSA) is 18.5 Å². The minimum absolute atomic E-state index is 0.159. The van der Waals surface area contributed by atoms with Gasteiger partial charge in [-0.05, 0) is 30.2 Å². The summed E-state index contributed by atoms with van der Waals surface area (Å²) in [7, 11) is 0. The van der Waals surface area contributed by atoms with Crippen LogP contribution in [0.5, 0.6) is 11.5 Å². The molecule has 1 aliphatic heterocycles. The number of rotatable bonds is 2. The molecule has 21 heavy (non-hydrogen) atoms. The lowest BCUT2D eigenvalue weighted by atomic mass is 10.0. The van der Waals surface area contributed by atoms with Gasteiger partial charge in [0, 0.05) is 5.92 Å². The molecule has 0 amide bonds. The first-order valence-electron chi connectivity index (χ1n) is 7.23. The highest BCUT2D eigenvalue weighted by molar-refractivity contribution is 9.09. The molecule has 0 fully saturated rings. The molecule has 0 N–H and O–H groups in total. The number of halogens is 1. The Kier molecular flexibility index (Phi) is 4.20. The predicted octanol–water partition coefficient (Wildman–Crippen LogP) is 4.89. The van der Waals surface area contributed by atoms with Crippen molar-refractivity contribution < 1.29 is 9.47 Å². The molecule has 0 spiro atoms. The standard InChI is InChI=1S/C18H19BrO2/c1-12-4-3-5-14(8-12)18(19)15-6-7-16-17(9-15)21-11-13(2)10-20-16/h3-9,13,18H,10-11H2,1-2H3. The highest BCUT2D eigenvalue weighted by Gasteiger charge is 2.18. The van der Waals surface area contributed by atoms with Crippen molar-refractivity contribution in [3.05, 3.63) is 59.2 Å². The Hall–Kier alpha value is -1.48. The summed E-state index contributed by atoms with van der Waals surface area (Å²) in [4.78, 5) is 0.159. The monoisotopic (exact) mass is 346 g/mol. The molecule has 0 saturated carbocycles. The summed E-state index contributed by atoms with van der Waals surface area (Å²) < 4.78 is 11.6. The van der Waals surface area contributed by atoms with E-state index in [-0.39, 0.29) is 4.83 Å². The van der Waals surface area contributed by atoms with Crippen molar-refractivity contribution >= 4 is 15.9 Å². The Balaban J connectivity index is 1.90. The van der Waals surface area contributed by atoms with Gasteiger partial charge in [-0.2, -0.15) is 0 Å². The third kappa shape index (κ3) is 3.24. The molecular formula is C18H19BrO2. The van der Waals surface area contributed by atoms with Crippen molar-refractivity contribution in [1.82, 2.24) is 0 Å². The van der Waals surface area contributed by atoms with Gasteiger partial charge in [0.25, 0.3) is 0 Å². The Bertz CT molecular complexity index is 639. The zero-order chi connectivity index (χ0) is 14.8. The van der Waals surface area contributed by atoms with E-state index in [2.05, 4.69) is 66.2 Å². The summed E-state index contributed by atoms with van der Waals surface area (Å²) in [6.07, 6.45) is 0. The molecule has 1 heterocycles. The van der Waals surface area contributed by atoms with Gasteiger partial charge in [0.2, 0.25) is 0 Å². The average Bonchev–Trinajstić information content (AvgIpc) is 2.68. The van der Waals surface area contributed by atoms with Crippen LogP contribution in [-0.2, 0) is 0 Å². The molecule has 110 valence electrons. The first kappa shape index (κ1) is 14.5. The van der Waals surface area contributed by atoms with Crippen molar-refractivity contribution in [2.75, 3.05) is 13.2 Å². The third-order valence-electron chi connectivity index (χ3n) is 3.64. The van der Waals surface area contributed by atoms with Gasteiger partial charge in [-0.3, -0.25) is 0 Å². The fourth-order valence-electron chi connectivity index (χ4n) is 2.45. The van der Waals surface area contributed by atoms with E-state index in [1.807, 2.05) is 6.07 Å². The molecule has 3 heteroatoms. The highest BCUT2D eigenvalue weighted by atomic mass is 79.9. The zero-order valence-corrected chi connectivity index (χ0v) is 13.9. The average molecular weight is 347 g/mol. The Labute approximate surface area is 134 Å². The summed E-state index contributed by atoms with van der Waals surface area (Å²) in [6, 6.07) is 14.7. The molecule has 2 aromatic rings. The lowest BCUT2D eigenvalue weighted by molar-refractivity contribution is 0.228. The third-order valence-corrected chi connectivity index (χ3v) is 4.70. The quantitative estimate of drug-likeness (QED) is 0.721. The summed E-state index contributed by atoms with van der Waals surface area (Å²) in [6.45, 7) is 5.65. The summed E-state index contributed by atoms with van der Waals surface area (Å²) in [5.74, 6) is 2.10. The number of aryl methyl sites for hydroxylation is 1. The summed E-state index contributed by atoms with van der Waals surface area (Å²) >= 11 is 3.79. The molecule has 2 aromatic carbocycles. The van der Waals surface area contributed by atoms with E-state index in [9.17, 15) is 0 Å². The van der Waals surface area contributed by atoms with E-state index < -0.39 is 0 Å². The number of alkyl halides is 1. The number of ether oxygens (including phenoxy) is 2. The minimum Gasteiger partial charge on any atom is -0.489 e. The molecule has 2 atom stereocenters. The Morgan fingerprint density at radius 1 is 1.00 bits per heavy atom. The van der Waals surface area contributed by atoms with Crippen LogP contribution >= 0.6 is 15.9 Å². The van der Waals surface area contributed by atoms with Gasteiger partial charge in [0.05, 0.1) is 18.0 Å². The van der Waals surface area contributed by atoms with E-state index in [4.69, 9.17) is 9.47 Å². The molecule has 0 aliphatic carbocycles. The van der Waals surface area contributed by atoms with Crippen LogP contribution in [0.2, 0.25) is 0 Å². The molecule has 3 rings (SSSR count). The summed E-state index contributed by atoms with van der Waals surface area (Å²) in [5, 5.41) is 0. The molecule has 0 aromatic heterocycles. The molecule has 2 nitrogen and oxygen atoms in total. The highest BCUT2D eigenvalue weighted by Crippen LogP contribution is 2.38. The summed E-state index contributed by atoms with van der Waals surface area (Å²) in [5.41, 5.74) is 3.69. The van der Waals surface area contributed by atoms with Crippen molar-refractivity contribution in [2.24, 2.45) is 5.92 Å². The van der Waals surface area contributed by atoms with Crippen molar-refractivity contribution in [3.63, 3.8) is 0 Å². The normalized spacial score (nSPS) is 18.9. The van der Waals surface area contributed by atoms with Crippen LogP contribution in [0.1, 0.15) is 28.4 Å². The SMILES string of the molecule is Cc1cccc(C(Br)c2ccc3c(c2)OCC(C)CO3)c1. The number of hydrogen-bond donors (Lipinski definition) is 0. The van der Waals surface area contributed by atoms with E-state index in [0.717, 1.165) is 11.5 Å². The number of hydrogen-bond acceptors (Lipinski definition) is 2. The second kappa shape index (κ2) is 6.10. The van der Waals surface area contributed by atoms with Crippen molar-refractivity contribution in [1.29, 1.82) is 0 Å². The second-order valence-corrected chi connectivity index (χ2v) is 6.63. The lowest BCUT2D eigenvalue weighted by Crippen LogP contribution is -2.12. The minimum atomic E-state index is 0.159. The predicted molar refractivity (Wildman–Crippen MR) is 88.5 cm³/mol. The van der Waals surface area contributed by atoms with Gasteiger partial charge in [-0.15, -0.1) is 0 Å². The van der Waals surface area contributed by atoms with E-state index in [0.29, 0.717) is 19.1 Å². The lowest BCUT2D eigenvalue weighted by Gasteiger charge is -2.14. The second-order valence-electron chi connectivity index (χ2n) is 5.71. The van der Waals surface area contributed by atoms with Gasteiger partial charge in [0.15, 0.2) is 11.5 Å². The van der Waals surface area contributed by atoms with Crippen LogP contribution < -0.4 is 9.47 Å².